The first kappa shape index (κ1) is 37.5. The largest absolute Gasteiger partial charge is 0.465 e. The first-order chi connectivity index (χ1) is 26.2. The summed E-state index contributed by atoms with van der Waals surface area (Å²) in [5, 5.41) is 3.04. The number of benzene rings is 2. The molecule has 0 radical (unpaired) electrons. The first-order valence-electron chi connectivity index (χ1n) is 19.6. The van der Waals surface area contributed by atoms with Crippen molar-refractivity contribution in [3.63, 3.8) is 0 Å². The molecular weight excluding hydrogens is 692 g/mol. The van der Waals surface area contributed by atoms with E-state index in [1.807, 2.05) is 49.1 Å². The zero-order valence-corrected chi connectivity index (χ0v) is 31.3. The maximum absolute atomic E-state index is 14.2. The van der Waals surface area contributed by atoms with E-state index in [-0.39, 0.29) is 36.3 Å². The number of nitrogens with zero attached hydrogens (tertiary/aromatic N) is 4. The predicted octanol–water partition coefficient (Wildman–Crippen LogP) is 4.69. The second kappa shape index (κ2) is 16.7. The number of oxazole rings is 1. The van der Waals surface area contributed by atoms with Gasteiger partial charge in [0.15, 0.2) is 11.7 Å². The highest BCUT2D eigenvalue weighted by molar-refractivity contribution is 5.91. The zero-order chi connectivity index (χ0) is 37.8. The quantitative estimate of drug-likeness (QED) is 0.297. The van der Waals surface area contributed by atoms with Crippen molar-refractivity contribution in [2.75, 3.05) is 57.7 Å². The van der Waals surface area contributed by atoms with Crippen LogP contribution in [0.3, 0.4) is 0 Å². The summed E-state index contributed by atoms with van der Waals surface area (Å²) in [7, 11) is 0. The summed E-state index contributed by atoms with van der Waals surface area (Å²) in [4.78, 5) is 75.9. The highest BCUT2D eigenvalue weighted by Gasteiger charge is 2.37. The average molecular weight is 745 g/mol. The molecule has 0 spiro atoms. The Morgan fingerprint density at radius 1 is 0.889 bits per heavy atom. The summed E-state index contributed by atoms with van der Waals surface area (Å²) in [6.07, 6.45) is 4.41. The fourth-order valence-electron chi connectivity index (χ4n) is 8.58. The lowest BCUT2D eigenvalue weighted by molar-refractivity contribution is -0.151. The summed E-state index contributed by atoms with van der Waals surface area (Å²) in [5.74, 6) is -0.947. The van der Waals surface area contributed by atoms with Crippen LogP contribution in [0.15, 0.2) is 45.6 Å². The SMILES string of the molecule is CCCOC(=O)C1CCN(C2CCN(C(=O)[C@@H](Cc3cc(C)c4[nH]c(=O)oc4c3)OC(=O)N3CCC(N4CCc5ccccc5NC4=O)CC3)CC2)CC1. The third-order valence-corrected chi connectivity index (χ3v) is 11.6. The van der Waals surface area contributed by atoms with Crippen LogP contribution in [0.4, 0.5) is 15.3 Å². The summed E-state index contributed by atoms with van der Waals surface area (Å²) < 4.78 is 16.8. The topological polar surface area (TPSA) is 158 Å². The Morgan fingerprint density at radius 3 is 2.33 bits per heavy atom. The molecule has 1 atom stereocenters. The van der Waals surface area contributed by atoms with Crippen LogP contribution in [0, 0.1) is 12.8 Å². The fourth-order valence-corrected chi connectivity index (χ4v) is 8.58. The van der Waals surface area contributed by atoms with Gasteiger partial charge in [-0.15, -0.1) is 0 Å². The molecule has 3 saturated heterocycles. The van der Waals surface area contributed by atoms with Crippen molar-refractivity contribution in [3.05, 3.63) is 63.6 Å². The maximum atomic E-state index is 14.2. The molecule has 0 aliphatic carbocycles. The van der Waals surface area contributed by atoms with Crippen LogP contribution >= 0.6 is 0 Å². The maximum Gasteiger partial charge on any atom is 0.417 e. The lowest BCUT2D eigenvalue weighted by Gasteiger charge is -2.42. The van der Waals surface area contributed by atoms with Crippen molar-refractivity contribution in [2.24, 2.45) is 5.92 Å². The summed E-state index contributed by atoms with van der Waals surface area (Å²) >= 11 is 0. The van der Waals surface area contributed by atoms with Crippen LogP contribution in [-0.4, -0.2) is 119 Å². The van der Waals surface area contributed by atoms with Crippen molar-refractivity contribution in [1.82, 2.24) is 24.6 Å². The molecule has 0 saturated carbocycles. The number of para-hydroxylation sites is 1. The van der Waals surface area contributed by atoms with E-state index in [4.69, 9.17) is 13.9 Å². The second-order valence-corrected chi connectivity index (χ2v) is 15.2. The number of aromatic nitrogens is 1. The molecule has 5 heterocycles. The van der Waals surface area contributed by atoms with Gasteiger partial charge in [-0.3, -0.25) is 14.6 Å². The molecular formula is C40H52N6O8. The highest BCUT2D eigenvalue weighted by Crippen LogP contribution is 2.28. The van der Waals surface area contributed by atoms with Crippen LogP contribution in [0.2, 0.25) is 0 Å². The number of aryl methyl sites for hydroxylation is 1. The Hall–Kier alpha value is -4.85. The van der Waals surface area contributed by atoms with Gasteiger partial charge in [0.25, 0.3) is 5.91 Å². The number of nitrogens with one attached hydrogen (secondary N) is 2. The van der Waals surface area contributed by atoms with E-state index in [2.05, 4.69) is 15.2 Å². The smallest absolute Gasteiger partial charge is 0.417 e. The number of fused-ring (bicyclic) bond motifs is 2. The van der Waals surface area contributed by atoms with Gasteiger partial charge in [0.2, 0.25) is 0 Å². The summed E-state index contributed by atoms with van der Waals surface area (Å²) in [5.41, 5.74) is 4.43. The van der Waals surface area contributed by atoms with Crippen molar-refractivity contribution in [2.45, 2.75) is 89.8 Å². The zero-order valence-electron chi connectivity index (χ0n) is 31.3. The van der Waals surface area contributed by atoms with Gasteiger partial charge in [-0.2, -0.15) is 0 Å². The van der Waals surface area contributed by atoms with Crippen molar-refractivity contribution in [1.29, 1.82) is 0 Å². The fraction of sp³-hybridized carbons (Fsp3) is 0.575. The van der Waals surface area contributed by atoms with Gasteiger partial charge >= 0.3 is 23.8 Å². The molecule has 4 amide bonds. The number of urea groups is 1. The average Bonchev–Trinajstić information content (AvgIpc) is 3.49. The number of hydrogen-bond acceptors (Lipinski definition) is 9. The molecule has 7 rings (SSSR count). The lowest BCUT2D eigenvalue weighted by Crippen LogP contribution is -2.53. The molecule has 54 heavy (non-hydrogen) atoms. The number of rotatable bonds is 9. The number of ether oxygens (including phenoxy) is 2. The van der Waals surface area contributed by atoms with Gasteiger partial charge in [0, 0.05) is 56.9 Å². The Bertz CT molecular complexity index is 1880. The third-order valence-electron chi connectivity index (χ3n) is 11.6. The molecule has 4 aliphatic heterocycles. The van der Waals surface area contributed by atoms with E-state index in [9.17, 15) is 24.0 Å². The minimum absolute atomic E-state index is 0.0199. The van der Waals surface area contributed by atoms with E-state index in [1.54, 1.807) is 15.9 Å². The van der Waals surface area contributed by atoms with E-state index in [1.165, 1.54) is 0 Å². The molecule has 3 aromatic rings. The van der Waals surface area contributed by atoms with Gasteiger partial charge < -0.3 is 38.8 Å². The second-order valence-electron chi connectivity index (χ2n) is 15.2. The van der Waals surface area contributed by atoms with Crippen molar-refractivity contribution >= 4 is 40.8 Å². The van der Waals surface area contributed by atoms with Gasteiger partial charge in [-0.05, 0) is 100 Å². The number of amides is 4. The highest BCUT2D eigenvalue weighted by atomic mass is 16.6. The van der Waals surface area contributed by atoms with Crippen LogP contribution < -0.4 is 11.1 Å². The summed E-state index contributed by atoms with van der Waals surface area (Å²) in [6, 6.07) is 11.6. The number of hydrogen-bond donors (Lipinski definition) is 2. The molecule has 2 N–H and O–H groups in total. The van der Waals surface area contributed by atoms with E-state index < -0.39 is 18.0 Å². The number of anilines is 1. The van der Waals surface area contributed by atoms with E-state index >= 15 is 0 Å². The molecule has 3 fully saturated rings. The first-order valence-corrected chi connectivity index (χ1v) is 19.6. The number of piperidine rings is 3. The molecule has 0 bridgehead atoms. The Balaban J connectivity index is 0.977. The molecule has 2 aromatic carbocycles. The number of carbonyl (C=O) groups excluding carboxylic acids is 4. The number of likely N-dealkylation sites (tertiary alicyclic amines) is 3. The van der Waals surface area contributed by atoms with Crippen molar-refractivity contribution < 1.29 is 33.1 Å². The Labute approximate surface area is 315 Å². The van der Waals surface area contributed by atoms with Crippen LogP contribution in [0.5, 0.6) is 0 Å². The van der Waals surface area contributed by atoms with Crippen LogP contribution in [0.1, 0.15) is 68.6 Å². The number of aromatic amines is 1. The molecule has 290 valence electrons. The van der Waals surface area contributed by atoms with Gasteiger partial charge in [0.1, 0.15) is 0 Å². The molecule has 4 aliphatic rings. The number of esters is 1. The van der Waals surface area contributed by atoms with E-state index in [0.717, 1.165) is 74.0 Å². The predicted molar refractivity (Wildman–Crippen MR) is 201 cm³/mol. The minimum Gasteiger partial charge on any atom is -0.465 e. The standard InChI is InChI=1S/C40H52N6O8/c1-3-22-52-37(48)29-8-15-43(16-9-29)30-11-17-44(18-12-30)36(47)34(25-27-23-26(2)35-33(24-27)53-39(50)42-35)54-40(51)45-19-13-31(14-20-45)46-21-10-28-6-4-5-7-32(28)41-38(46)49/h4-7,23-24,29-31,34H,3,8-22,25H2,1-2H3,(H,41,49)(H,42,50)/t34-/m1/s1. The lowest BCUT2D eigenvalue weighted by atomic mass is 9.93. The van der Waals surface area contributed by atoms with Crippen LogP contribution in [-0.2, 0) is 31.9 Å². The normalized spacial score (nSPS) is 20.0. The van der Waals surface area contributed by atoms with Crippen molar-refractivity contribution in [3.8, 4) is 0 Å². The Morgan fingerprint density at radius 2 is 1.59 bits per heavy atom. The minimum atomic E-state index is -1.07. The molecule has 14 heteroatoms. The van der Waals surface area contributed by atoms with Gasteiger partial charge in [-0.1, -0.05) is 31.2 Å². The molecule has 0 unspecified atom stereocenters. The number of carbonyl (C=O) groups is 4. The summed E-state index contributed by atoms with van der Waals surface area (Å²) in [6.45, 7) is 8.44. The van der Waals surface area contributed by atoms with Crippen LogP contribution in [0.25, 0.3) is 11.1 Å². The number of H-pyrrole nitrogens is 1. The third kappa shape index (κ3) is 8.43. The monoisotopic (exact) mass is 744 g/mol. The van der Waals surface area contributed by atoms with Gasteiger partial charge in [0.05, 0.1) is 18.0 Å². The van der Waals surface area contributed by atoms with E-state index in [0.29, 0.717) is 69.3 Å². The molecule has 14 nitrogen and oxygen atoms in total. The molecule has 1 aromatic heterocycles. The Kier molecular flexibility index (Phi) is 11.6. The van der Waals surface area contributed by atoms with Gasteiger partial charge in [-0.25, -0.2) is 14.4 Å².